The van der Waals surface area contributed by atoms with Crippen LogP contribution in [0, 0.1) is 0 Å². The van der Waals surface area contributed by atoms with E-state index < -0.39 is 29.8 Å². The smallest absolute Gasteiger partial charge is 0.338 e. The molecule has 29 heavy (non-hydrogen) atoms. The number of carbonyl (C=O) groups excluding carboxylic acids is 4. The van der Waals surface area contributed by atoms with Gasteiger partial charge in [-0.05, 0) is 51.1 Å². The van der Waals surface area contributed by atoms with Crippen molar-refractivity contribution in [3.05, 3.63) is 64.2 Å². The van der Waals surface area contributed by atoms with Crippen molar-refractivity contribution in [3.63, 3.8) is 0 Å². The Labute approximate surface area is 172 Å². The maximum atomic E-state index is 12.5. The molecule has 1 aliphatic heterocycles. The van der Waals surface area contributed by atoms with Crippen LogP contribution in [0.15, 0.2) is 42.5 Å². The minimum atomic E-state index is -1.10. The van der Waals surface area contributed by atoms with Crippen molar-refractivity contribution in [1.29, 1.82) is 0 Å². The van der Waals surface area contributed by atoms with E-state index in [1.165, 1.54) is 25.1 Å². The van der Waals surface area contributed by atoms with Crippen molar-refractivity contribution < 1.29 is 23.9 Å². The number of carbonyl (C=O) groups is 4. The van der Waals surface area contributed by atoms with Gasteiger partial charge in [-0.15, -0.1) is 0 Å². The second-order valence-corrected chi connectivity index (χ2v) is 7.26. The number of nitrogens with zero attached hydrogens (tertiary/aromatic N) is 1. The molecule has 150 valence electrons. The van der Waals surface area contributed by atoms with E-state index in [4.69, 9.17) is 16.3 Å². The lowest BCUT2D eigenvalue weighted by molar-refractivity contribution is -0.123. The van der Waals surface area contributed by atoms with E-state index in [1.54, 1.807) is 38.1 Å². The number of hydrogen-bond acceptors (Lipinski definition) is 5. The molecule has 7 nitrogen and oxygen atoms in total. The van der Waals surface area contributed by atoms with Crippen LogP contribution in [-0.4, -0.2) is 40.7 Å². The lowest BCUT2D eigenvalue weighted by Gasteiger charge is -2.17. The van der Waals surface area contributed by atoms with Crippen molar-refractivity contribution in [2.45, 2.75) is 32.9 Å². The molecule has 0 spiro atoms. The van der Waals surface area contributed by atoms with Crippen molar-refractivity contribution in [1.82, 2.24) is 4.90 Å². The van der Waals surface area contributed by atoms with Crippen LogP contribution in [-0.2, 0) is 9.53 Å². The van der Waals surface area contributed by atoms with E-state index in [0.717, 1.165) is 4.90 Å². The Bertz CT molecular complexity index is 1020. The fourth-order valence-electron chi connectivity index (χ4n) is 2.93. The summed E-state index contributed by atoms with van der Waals surface area (Å²) in [5.41, 5.74) is 0.862. The first-order valence-corrected chi connectivity index (χ1v) is 9.36. The van der Waals surface area contributed by atoms with E-state index in [1.807, 2.05) is 0 Å². The van der Waals surface area contributed by atoms with Gasteiger partial charge in [-0.25, -0.2) is 4.79 Å². The number of anilines is 1. The SMILES string of the molecule is CC(OC(=O)c1ccc2c(c1)C(=O)N(C(C)C)C2=O)C(=O)Nc1ccccc1Cl. The van der Waals surface area contributed by atoms with E-state index in [2.05, 4.69) is 5.32 Å². The van der Waals surface area contributed by atoms with Crippen LogP contribution in [0.5, 0.6) is 0 Å². The van der Waals surface area contributed by atoms with Gasteiger partial charge in [0.15, 0.2) is 6.10 Å². The van der Waals surface area contributed by atoms with Gasteiger partial charge in [-0.2, -0.15) is 0 Å². The number of fused-ring (bicyclic) bond motifs is 1. The molecule has 1 heterocycles. The number of ether oxygens (including phenoxy) is 1. The predicted octanol–water partition coefficient (Wildman–Crippen LogP) is 3.53. The summed E-state index contributed by atoms with van der Waals surface area (Å²) in [6, 6.07) is 10.5. The van der Waals surface area contributed by atoms with Gasteiger partial charge in [0.25, 0.3) is 17.7 Å². The molecule has 8 heteroatoms. The molecule has 0 fully saturated rings. The summed E-state index contributed by atoms with van der Waals surface area (Å²) in [6.07, 6.45) is -1.10. The molecule has 1 N–H and O–H groups in total. The van der Waals surface area contributed by atoms with Crippen molar-refractivity contribution in [2.24, 2.45) is 0 Å². The van der Waals surface area contributed by atoms with Crippen molar-refractivity contribution in [2.75, 3.05) is 5.32 Å². The van der Waals surface area contributed by atoms with Crippen LogP contribution in [0.3, 0.4) is 0 Å². The van der Waals surface area contributed by atoms with E-state index in [0.29, 0.717) is 10.7 Å². The predicted molar refractivity (Wildman–Crippen MR) is 107 cm³/mol. The van der Waals surface area contributed by atoms with Gasteiger partial charge in [-0.1, -0.05) is 23.7 Å². The van der Waals surface area contributed by atoms with Crippen LogP contribution in [0.1, 0.15) is 51.8 Å². The third-order valence-electron chi connectivity index (χ3n) is 4.45. The number of nitrogens with one attached hydrogen (secondary N) is 1. The summed E-state index contributed by atoms with van der Waals surface area (Å²) in [7, 11) is 0. The van der Waals surface area contributed by atoms with Crippen LogP contribution in [0.4, 0.5) is 5.69 Å². The number of para-hydroxylation sites is 1. The van der Waals surface area contributed by atoms with Gasteiger partial charge < -0.3 is 10.1 Å². The van der Waals surface area contributed by atoms with Crippen molar-refractivity contribution in [3.8, 4) is 0 Å². The number of halogens is 1. The summed E-state index contributed by atoms with van der Waals surface area (Å²) >= 11 is 6.00. The fourth-order valence-corrected chi connectivity index (χ4v) is 3.12. The minimum Gasteiger partial charge on any atom is -0.449 e. The lowest BCUT2D eigenvalue weighted by Crippen LogP contribution is -2.35. The topological polar surface area (TPSA) is 92.8 Å². The fraction of sp³-hybridized carbons (Fsp3) is 0.238. The summed E-state index contributed by atoms with van der Waals surface area (Å²) in [6.45, 7) is 4.89. The number of esters is 1. The first-order valence-electron chi connectivity index (χ1n) is 8.99. The average Bonchev–Trinajstić information content (AvgIpc) is 2.93. The molecule has 0 radical (unpaired) electrons. The second-order valence-electron chi connectivity index (χ2n) is 6.85. The van der Waals surface area contributed by atoms with Gasteiger partial charge in [0.05, 0.1) is 27.4 Å². The maximum Gasteiger partial charge on any atom is 0.338 e. The lowest BCUT2D eigenvalue weighted by atomic mass is 10.1. The zero-order valence-electron chi connectivity index (χ0n) is 16.1. The molecule has 0 saturated carbocycles. The summed E-state index contributed by atoms with van der Waals surface area (Å²) < 4.78 is 5.20. The van der Waals surface area contributed by atoms with E-state index in [-0.39, 0.29) is 22.7 Å². The molecule has 0 aromatic heterocycles. The number of rotatable bonds is 5. The summed E-state index contributed by atoms with van der Waals surface area (Å²) in [5.74, 6) is -2.19. The van der Waals surface area contributed by atoms with Crippen LogP contribution in [0.2, 0.25) is 5.02 Å². The molecule has 2 aromatic carbocycles. The molecule has 0 aliphatic carbocycles. The monoisotopic (exact) mass is 414 g/mol. The Kier molecular flexibility index (Phi) is 5.70. The molecule has 0 bridgehead atoms. The Morgan fingerprint density at radius 3 is 2.31 bits per heavy atom. The first-order chi connectivity index (χ1) is 13.7. The Hall–Kier alpha value is -3.19. The molecule has 1 atom stereocenters. The van der Waals surface area contributed by atoms with Gasteiger partial charge in [0, 0.05) is 6.04 Å². The Morgan fingerprint density at radius 1 is 1.00 bits per heavy atom. The highest BCUT2D eigenvalue weighted by Crippen LogP contribution is 2.26. The molecular weight excluding hydrogens is 396 g/mol. The maximum absolute atomic E-state index is 12.5. The van der Waals surface area contributed by atoms with Crippen LogP contribution < -0.4 is 5.32 Å². The molecule has 1 unspecified atom stereocenters. The second kappa shape index (κ2) is 8.05. The molecule has 3 amide bonds. The summed E-state index contributed by atoms with van der Waals surface area (Å²) in [4.78, 5) is 50.7. The molecular formula is C21H19ClN2O5. The third kappa shape index (κ3) is 4.00. The number of hydrogen-bond donors (Lipinski definition) is 1. The normalized spacial score (nSPS) is 14.0. The number of imide groups is 1. The van der Waals surface area contributed by atoms with E-state index in [9.17, 15) is 19.2 Å². The number of benzene rings is 2. The quantitative estimate of drug-likeness (QED) is 0.596. The largest absolute Gasteiger partial charge is 0.449 e. The highest BCUT2D eigenvalue weighted by molar-refractivity contribution is 6.33. The molecule has 1 aliphatic rings. The highest BCUT2D eigenvalue weighted by atomic mass is 35.5. The molecule has 3 rings (SSSR count). The Morgan fingerprint density at radius 2 is 1.66 bits per heavy atom. The molecule has 0 saturated heterocycles. The minimum absolute atomic E-state index is 0.0768. The van der Waals surface area contributed by atoms with Crippen molar-refractivity contribution >= 4 is 41.0 Å². The van der Waals surface area contributed by atoms with Gasteiger partial charge in [0.1, 0.15) is 0 Å². The van der Waals surface area contributed by atoms with Crippen LogP contribution >= 0.6 is 11.6 Å². The standard InChI is InChI=1S/C21H19ClN2O5/c1-11(2)24-19(26)14-9-8-13(10-15(14)20(24)27)21(28)29-12(3)18(25)23-17-7-5-4-6-16(17)22/h4-12H,1-3H3,(H,23,25). The van der Waals surface area contributed by atoms with Gasteiger partial charge in [-0.3, -0.25) is 19.3 Å². The third-order valence-corrected chi connectivity index (χ3v) is 4.78. The highest BCUT2D eigenvalue weighted by Gasteiger charge is 2.37. The average molecular weight is 415 g/mol. The molecule has 2 aromatic rings. The number of amides is 3. The van der Waals surface area contributed by atoms with Gasteiger partial charge in [0.2, 0.25) is 0 Å². The van der Waals surface area contributed by atoms with Crippen LogP contribution in [0.25, 0.3) is 0 Å². The van der Waals surface area contributed by atoms with E-state index >= 15 is 0 Å². The summed E-state index contributed by atoms with van der Waals surface area (Å²) in [5, 5.41) is 2.94. The first kappa shape index (κ1) is 20.5. The zero-order chi connectivity index (χ0) is 21.3. The zero-order valence-corrected chi connectivity index (χ0v) is 16.8. The Balaban J connectivity index is 1.72. The van der Waals surface area contributed by atoms with Gasteiger partial charge >= 0.3 is 5.97 Å².